The number of amides is 1. The maximum atomic E-state index is 14.8. The van der Waals surface area contributed by atoms with E-state index in [1.165, 1.54) is 12.1 Å². The van der Waals surface area contributed by atoms with Crippen LogP contribution < -0.4 is 9.47 Å². The highest BCUT2D eigenvalue weighted by Gasteiger charge is 2.22. The Morgan fingerprint density at radius 2 is 1.94 bits per heavy atom. The Morgan fingerprint density at radius 1 is 1.12 bits per heavy atom. The van der Waals surface area contributed by atoms with Crippen LogP contribution in [0.5, 0.6) is 17.2 Å². The van der Waals surface area contributed by atoms with Crippen LogP contribution in [0.1, 0.15) is 30.6 Å². The van der Waals surface area contributed by atoms with Crippen LogP contribution in [0.15, 0.2) is 54.7 Å². The van der Waals surface area contributed by atoms with Crippen molar-refractivity contribution in [2.75, 3.05) is 13.1 Å². The third-order valence-corrected chi connectivity index (χ3v) is 5.33. The van der Waals surface area contributed by atoms with E-state index in [1.54, 1.807) is 29.3 Å². The predicted molar refractivity (Wildman–Crippen MR) is 122 cm³/mol. The molecule has 1 aliphatic heterocycles. The van der Waals surface area contributed by atoms with Crippen LogP contribution >= 0.6 is 0 Å². The number of nitrogens with one attached hydrogen (secondary N) is 1. The fourth-order valence-corrected chi connectivity index (χ4v) is 3.63. The van der Waals surface area contributed by atoms with Crippen molar-refractivity contribution in [2.45, 2.75) is 26.4 Å². The first kappa shape index (κ1) is 20.9. The second-order valence-corrected chi connectivity index (χ2v) is 8.21. The van der Waals surface area contributed by atoms with Crippen molar-refractivity contribution in [1.82, 2.24) is 19.9 Å². The maximum absolute atomic E-state index is 14.8. The summed E-state index contributed by atoms with van der Waals surface area (Å²) in [7, 11) is 0. The van der Waals surface area contributed by atoms with E-state index >= 15 is 0 Å². The number of nitrogens with zero attached hydrogens (tertiary/aromatic N) is 3. The van der Waals surface area contributed by atoms with Gasteiger partial charge in [-0.05, 0) is 62.7 Å². The Morgan fingerprint density at radius 3 is 2.64 bits per heavy atom. The summed E-state index contributed by atoms with van der Waals surface area (Å²) >= 11 is 0. The number of carbonyl (C=O) groups excluding carboxylic acids is 1. The van der Waals surface area contributed by atoms with Crippen molar-refractivity contribution in [1.29, 1.82) is 0 Å². The van der Waals surface area contributed by atoms with Crippen molar-refractivity contribution < 1.29 is 18.7 Å². The number of aromatic nitrogens is 3. The van der Waals surface area contributed by atoms with E-state index in [0.29, 0.717) is 47.2 Å². The lowest BCUT2D eigenvalue weighted by Gasteiger charge is -2.30. The summed E-state index contributed by atoms with van der Waals surface area (Å²) in [5.41, 5.74) is 2.43. The molecule has 1 aliphatic rings. The number of H-pyrrole nitrogens is 1. The summed E-state index contributed by atoms with van der Waals surface area (Å²) in [6.45, 7) is 5.26. The number of rotatable bonds is 6. The number of imidazole rings is 1. The number of likely N-dealkylation sites (tertiary alicyclic amines) is 1. The zero-order chi connectivity index (χ0) is 22.9. The Hall–Kier alpha value is -3.94. The van der Waals surface area contributed by atoms with E-state index in [-0.39, 0.29) is 17.8 Å². The molecule has 0 radical (unpaired) electrons. The third kappa shape index (κ3) is 4.37. The molecule has 0 aliphatic carbocycles. The lowest BCUT2D eigenvalue weighted by atomic mass is 10.1. The van der Waals surface area contributed by atoms with Gasteiger partial charge in [0.15, 0.2) is 17.2 Å². The maximum Gasteiger partial charge on any atom is 0.253 e. The number of hydrogen-bond acceptors (Lipinski definition) is 5. The molecule has 2 aromatic heterocycles. The first-order valence-electron chi connectivity index (χ1n) is 10.9. The molecule has 0 unspecified atom stereocenters. The molecule has 168 valence electrons. The highest BCUT2D eigenvalue weighted by Crippen LogP contribution is 2.34. The standard InChI is InChI=1S/C25H23FN4O3/c1-15(2)32-18-11-17(23-28-21-5-3-8-27-24(21)29-23)12-19(14-18)33-22-7-6-16(13-20(22)26)25(31)30-9-4-10-30/h3,5-8,11-15H,4,9-10H2,1-2H3,(H,27,28,29). The average Bonchev–Trinajstić information content (AvgIpc) is 3.18. The van der Waals surface area contributed by atoms with Gasteiger partial charge in [-0.1, -0.05) is 0 Å². The van der Waals surface area contributed by atoms with Gasteiger partial charge in [0.1, 0.15) is 22.8 Å². The quantitative estimate of drug-likeness (QED) is 0.441. The summed E-state index contributed by atoms with van der Waals surface area (Å²) in [6.07, 6.45) is 2.61. The summed E-state index contributed by atoms with van der Waals surface area (Å²) in [6, 6.07) is 13.3. The minimum atomic E-state index is -0.606. The second-order valence-electron chi connectivity index (χ2n) is 8.21. The zero-order valence-electron chi connectivity index (χ0n) is 18.3. The van der Waals surface area contributed by atoms with E-state index in [4.69, 9.17) is 9.47 Å². The molecule has 0 atom stereocenters. The molecule has 2 aromatic carbocycles. The van der Waals surface area contributed by atoms with E-state index in [0.717, 1.165) is 11.9 Å². The molecule has 7 nitrogen and oxygen atoms in total. The number of ether oxygens (including phenoxy) is 2. The van der Waals surface area contributed by atoms with Crippen LogP contribution in [0.4, 0.5) is 4.39 Å². The molecule has 0 bridgehead atoms. The molecule has 1 amide bonds. The highest BCUT2D eigenvalue weighted by atomic mass is 19.1. The molecular weight excluding hydrogens is 423 g/mol. The molecule has 0 saturated carbocycles. The van der Waals surface area contributed by atoms with Gasteiger partial charge in [0.2, 0.25) is 0 Å². The predicted octanol–water partition coefficient (Wildman–Crippen LogP) is 5.19. The van der Waals surface area contributed by atoms with Gasteiger partial charge >= 0.3 is 0 Å². The molecule has 1 N–H and O–H groups in total. The molecule has 8 heteroatoms. The molecule has 3 heterocycles. The SMILES string of the molecule is CC(C)Oc1cc(Oc2ccc(C(=O)N3CCC3)cc2F)cc(-c2nc3cccnc3[nH]2)c1. The van der Waals surface area contributed by atoms with Gasteiger partial charge < -0.3 is 19.4 Å². The smallest absolute Gasteiger partial charge is 0.253 e. The molecule has 1 fully saturated rings. The normalized spacial score (nSPS) is 13.3. The number of benzene rings is 2. The second kappa shape index (κ2) is 8.54. The Bertz CT molecular complexity index is 1300. The Balaban J connectivity index is 1.47. The van der Waals surface area contributed by atoms with Crippen LogP contribution in [-0.2, 0) is 0 Å². The van der Waals surface area contributed by atoms with Gasteiger partial charge in [-0.25, -0.2) is 14.4 Å². The third-order valence-electron chi connectivity index (χ3n) is 5.33. The van der Waals surface area contributed by atoms with E-state index in [2.05, 4.69) is 15.0 Å². The van der Waals surface area contributed by atoms with Crippen LogP contribution in [0.2, 0.25) is 0 Å². The summed E-state index contributed by atoms with van der Waals surface area (Å²) < 4.78 is 26.5. The van der Waals surface area contributed by atoms with E-state index in [9.17, 15) is 9.18 Å². The van der Waals surface area contributed by atoms with Crippen LogP contribution in [-0.4, -0.2) is 45.0 Å². The highest BCUT2D eigenvalue weighted by molar-refractivity contribution is 5.94. The molecule has 0 spiro atoms. The van der Waals surface area contributed by atoms with Crippen molar-refractivity contribution >= 4 is 17.1 Å². The van der Waals surface area contributed by atoms with Crippen LogP contribution in [0, 0.1) is 5.82 Å². The number of carbonyl (C=O) groups is 1. The number of aromatic amines is 1. The number of fused-ring (bicyclic) bond motifs is 1. The van der Waals surface area contributed by atoms with Crippen LogP contribution in [0.25, 0.3) is 22.6 Å². The lowest BCUT2D eigenvalue weighted by Crippen LogP contribution is -2.42. The molecule has 1 saturated heterocycles. The van der Waals surface area contributed by atoms with Crippen molar-refractivity contribution in [3.8, 4) is 28.6 Å². The fraction of sp³-hybridized carbons (Fsp3) is 0.240. The number of pyridine rings is 1. The van der Waals surface area contributed by atoms with Gasteiger partial charge in [-0.2, -0.15) is 0 Å². The van der Waals surface area contributed by atoms with Gasteiger partial charge in [0.05, 0.1) is 6.10 Å². The topological polar surface area (TPSA) is 80.3 Å². The van der Waals surface area contributed by atoms with Gasteiger partial charge in [-0.15, -0.1) is 0 Å². The van der Waals surface area contributed by atoms with Gasteiger partial charge in [0, 0.05) is 36.5 Å². The number of hydrogen-bond donors (Lipinski definition) is 1. The van der Waals surface area contributed by atoms with Gasteiger partial charge in [0.25, 0.3) is 5.91 Å². The van der Waals surface area contributed by atoms with E-state index in [1.807, 2.05) is 32.0 Å². The molecule has 33 heavy (non-hydrogen) atoms. The monoisotopic (exact) mass is 446 g/mol. The van der Waals surface area contributed by atoms with Crippen molar-refractivity contribution in [2.24, 2.45) is 0 Å². The minimum absolute atomic E-state index is 0.0223. The summed E-state index contributed by atoms with van der Waals surface area (Å²) in [5, 5.41) is 0. The molecule has 4 aromatic rings. The van der Waals surface area contributed by atoms with E-state index < -0.39 is 5.82 Å². The van der Waals surface area contributed by atoms with Crippen molar-refractivity contribution in [3.05, 3.63) is 66.1 Å². The largest absolute Gasteiger partial charge is 0.491 e. The first-order chi connectivity index (χ1) is 16.0. The van der Waals surface area contributed by atoms with Crippen molar-refractivity contribution in [3.63, 3.8) is 0 Å². The Labute approximate surface area is 190 Å². The molecule has 5 rings (SSSR count). The van der Waals surface area contributed by atoms with Gasteiger partial charge in [-0.3, -0.25) is 4.79 Å². The number of halogens is 1. The summed E-state index contributed by atoms with van der Waals surface area (Å²) in [5.74, 6) is 0.798. The zero-order valence-corrected chi connectivity index (χ0v) is 18.3. The molecular formula is C25H23FN4O3. The summed E-state index contributed by atoms with van der Waals surface area (Å²) in [4.78, 5) is 26.1. The lowest BCUT2D eigenvalue weighted by molar-refractivity contribution is 0.0651. The van der Waals surface area contributed by atoms with Crippen LogP contribution in [0.3, 0.4) is 0 Å². The minimum Gasteiger partial charge on any atom is -0.491 e. The fourth-order valence-electron chi connectivity index (χ4n) is 3.63. The first-order valence-corrected chi connectivity index (χ1v) is 10.9. The average molecular weight is 446 g/mol. The Kier molecular flexibility index (Phi) is 5.42.